The third-order valence-electron chi connectivity index (χ3n) is 2.80. The van der Waals surface area contributed by atoms with E-state index in [1.165, 1.54) is 23.1 Å². The first kappa shape index (κ1) is 13.8. The van der Waals surface area contributed by atoms with Crippen LogP contribution in [0.25, 0.3) is 6.08 Å². The third kappa shape index (κ3) is 3.14. The fourth-order valence-corrected chi connectivity index (χ4v) is 3.30. The summed E-state index contributed by atoms with van der Waals surface area (Å²) < 4.78 is 0. The molecule has 0 radical (unpaired) electrons. The van der Waals surface area contributed by atoms with Gasteiger partial charge >= 0.3 is 0 Å². The number of nitrogens with one attached hydrogen (secondary N) is 1. The summed E-state index contributed by atoms with van der Waals surface area (Å²) in [6, 6.07) is 7.78. The molecule has 1 aliphatic rings. The van der Waals surface area contributed by atoms with Crippen molar-refractivity contribution >= 4 is 51.1 Å². The van der Waals surface area contributed by atoms with Gasteiger partial charge in [0.2, 0.25) is 0 Å². The van der Waals surface area contributed by atoms with E-state index in [9.17, 15) is 4.79 Å². The standard InChI is InChI=1S/C14H12N4OS2/c1-8-4-2-3-5-10(8)17-14-18-12(19)11(21-14)6-9-7-16-13(15)20-9/h2-7H,1H3,(H2,15,16)(H,17,18,19)/b11-6-. The van der Waals surface area contributed by atoms with Crippen LogP contribution in [0.2, 0.25) is 0 Å². The number of nitrogens with two attached hydrogens (primary N) is 1. The number of benzene rings is 1. The number of nitrogen functional groups attached to an aromatic ring is 1. The molecule has 21 heavy (non-hydrogen) atoms. The van der Waals surface area contributed by atoms with Crippen molar-refractivity contribution in [2.45, 2.75) is 6.92 Å². The number of thiazole rings is 1. The Morgan fingerprint density at radius 1 is 1.38 bits per heavy atom. The highest BCUT2D eigenvalue weighted by molar-refractivity contribution is 8.18. The van der Waals surface area contributed by atoms with Gasteiger partial charge in [-0.25, -0.2) is 9.98 Å². The molecule has 0 saturated carbocycles. The fraction of sp³-hybridized carbons (Fsp3) is 0.0714. The molecule has 0 bridgehead atoms. The summed E-state index contributed by atoms with van der Waals surface area (Å²) in [7, 11) is 0. The number of amidine groups is 1. The van der Waals surface area contributed by atoms with Gasteiger partial charge in [0.05, 0.1) is 15.5 Å². The van der Waals surface area contributed by atoms with Crippen molar-refractivity contribution in [3.05, 3.63) is 45.8 Å². The summed E-state index contributed by atoms with van der Waals surface area (Å²) >= 11 is 2.66. The Labute approximate surface area is 130 Å². The number of aliphatic imine (C=N–C) groups is 1. The lowest BCUT2D eigenvalue weighted by Gasteiger charge is -1.99. The minimum absolute atomic E-state index is 0.153. The number of hydrogen-bond donors (Lipinski definition) is 2. The largest absolute Gasteiger partial charge is 0.375 e. The molecule has 3 rings (SSSR count). The third-order valence-corrected chi connectivity index (χ3v) is 4.49. The van der Waals surface area contributed by atoms with Crippen LogP contribution in [0.3, 0.4) is 0 Å². The Kier molecular flexibility index (Phi) is 3.76. The van der Waals surface area contributed by atoms with Crippen molar-refractivity contribution in [2.75, 3.05) is 5.73 Å². The summed E-state index contributed by atoms with van der Waals surface area (Å²) in [5, 5.41) is 3.83. The smallest absolute Gasteiger partial charge is 0.264 e. The fourth-order valence-electron chi connectivity index (χ4n) is 1.78. The molecule has 1 saturated heterocycles. The van der Waals surface area contributed by atoms with Crippen LogP contribution < -0.4 is 11.1 Å². The van der Waals surface area contributed by atoms with Gasteiger partial charge in [-0.1, -0.05) is 29.5 Å². The highest BCUT2D eigenvalue weighted by atomic mass is 32.2. The maximum Gasteiger partial charge on any atom is 0.264 e. The SMILES string of the molecule is Cc1ccccc1N=C1NC(=O)/C(=C/c2cnc(N)s2)S1. The minimum atomic E-state index is -0.153. The number of rotatable bonds is 2. The van der Waals surface area contributed by atoms with Crippen molar-refractivity contribution in [1.29, 1.82) is 0 Å². The summed E-state index contributed by atoms with van der Waals surface area (Å²) in [6.07, 6.45) is 3.42. The average Bonchev–Trinajstić information content (AvgIpc) is 3.00. The van der Waals surface area contributed by atoms with E-state index in [1.54, 1.807) is 12.3 Å². The molecule has 7 heteroatoms. The number of nitrogens with zero attached hydrogens (tertiary/aromatic N) is 2. The van der Waals surface area contributed by atoms with Crippen LogP contribution in [-0.4, -0.2) is 16.1 Å². The zero-order valence-corrected chi connectivity index (χ0v) is 12.8. The van der Waals surface area contributed by atoms with E-state index in [0.29, 0.717) is 15.2 Å². The van der Waals surface area contributed by atoms with Gasteiger partial charge < -0.3 is 11.1 Å². The van der Waals surface area contributed by atoms with Gasteiger partial charge in [0, 0.05) is 6.20 Å². The zero-order chi connectivity index (χ0) is 14.8. The van der Waals surface area contributed by atoms with Crippen LogP contribution in [0, 0.1) is 6.92 Å². The van der Waals surface area contributed by atoms with Gasteiger partial charge in [0.1, 0.15) is 0 Å². The van der Waals surface area contributed by atoms with Crippen LogP contribution >= 0.6 is 23.1 Å². The molecule has 0 atom stereocenters. The van der Waals surface area contributed by atoms with Crippen molar-refractivity contribution in [1.82, 2.24) is 10.3 Å². The second-order valence-electron chi connectivity index (χ2n) is 4.37. The maximum absolute atomic E-state index is 11.9. The first-order valence-corrected chi connectivity index (χ1v) is 7.81. The molecule has 0 unspecified atom stereocenters. The lowest BCUT2D eigenvalue weighted by atomic mass is 10.2. The van der Waals surface area contributed by atoms with Gasteiger partial charge in [0.25, 0.3) is 5.91 Å². The quantitative estimate of drug-likeness (QED) is 0.835. The highest BCUT2D eigenvalue weighted by Crippen LogP contribution is 2.30. The van der Waals surface area contributed by atoms with E-state index in [1.807, 2.05) is 31.2 Å². The van der Waals surface area contributed by atoms with Crippen LogP contribution in [0.4, 0.5) is 10.8 Å². The van der Waals surface area contributed by atoms with E-state index in [2.05, 4.69) is 15.3 Å². The number of carbonyl (C=O) groups is 1. The maximum atomic E-state index is 11.9. The van der Waals surface area contributed by atoms with E-state index in [-0.39, 0.29) is 5.91 Å². The summed E-state index contributed by atoms with van der Waals surface area (Å²) in [5.74, 6) is -0.153. The van der Waals surface area contributed by atoms with Gasteiger partial charge in [-0.2, -0.15) is 0 Å². The van der Waals surface area contributed by atoms with Gasteiger partial charge in [-0.15, -0.1) is 0 Å². The number of para-hydroxylation sites is 1. The normalized spacial score (nSPS) is 18.4. The lowest BCUT2D eigenvalue weighted by molar-refractivity contribution is -0.115. The number of hydrogen-bond acceptors (Lipinski definition) is 6. The first-order valence-electron chi connectivity index (χ1n) is 6.18. The topological polar surface area (TPSA) is 80.4 Å². The molecule has 1 amide bonds. The molecular weight excluding hydrogens is 304 g/mol. The first-order chi connectivity index (χ1) is 10.1. The number of thioether (sulfide) groups is 1. The Bertz CT molecular complexity index is 764. The lowest BCUT2D eigenvalue weighted by Crippen LogP contribution is -2.19. The Morgan fingerprint density at radius 2 is 2.19 bits per heavy atom. The molecule has 2 heterocycles. The molecule has 1 fully saturated rings. The predicted molar refractivity (Wildman–Crippen MR) is 88.5 cm³/mol. The van der Waals surface area contributed by atoms with Crippen LogP contribution in [0.15, 0.2) is 40.4 Å². The Balaban J connectivity index is 1.85. The number of amides is 1. The average molecular weight is 316 g/mol. The zero-order valence-electron chi connectivity index (χ0n) is 11.2. The number of anilines is 1. The second kappa shape index (κ2) is 5.71. The molecule has 5 nitrogen and oxygen atoms in total. The molecule has 106 valence electrons. The number of aromatic nitrogens is 1. The van der Waals surface area contributed by atoms with E-state index >= 15 is 0 Å². The second-order valence-corrected chi connectivity index (χ2v) is 6.49. The number of carbonyl (C=O) groups excluding carboxylic acids is 1. The molecule has 2 aromatic rings. The van der Waals surface area contributed by atoms with E-state index in [0.717, 1.165) is 16.1 Å². The number of aryl methyl sites for hydroxylation is 1. The van der Waals surface area contributed by atoms with Gasteiger partial charge in [0.15, 0.2) is 10.3 Å². The van der Waals surface area contributed by atoms with Crippen LogP contribution in [-0.2, 0) is 4.79 Å². The van der Waals surface area contributed by atoms with E-state index < -0.39 is 0 Å². The summed E-state index contributed by atoms with van der Waals surface area (Å²) in [5.41, 5.74) is 7.49. The minimum Gasteiger partial charge on any atom is -0.375 e. The van der Waals surface area contributed by atoms with Crippen molar-refractivity contribution in [2.24, 2.45) is 4.99 Å². The van der Waals surface area contributed by atoms with Gasteiger partial charge in [-0.3, -0.25) is 4.79 Å². The predicted octanol–water partition coefficient (Wildman–Crippen LogP) is 2.93. The molecule has 3 N–H and O–H groups in total. The van der Waals surface area contributed by atoms with Crippen molar-refractivity contribution in [3.8, 4) is 0 Å². The molecule has 1 aliphatic heterocycles. The van der Waals surface area contributed by atoms with Crippen LogP contribution in [0.5, 0.6) is 0 Å². The molecule has 1 aromatic heterocycles. The molecule has 0 aliphatic carbocycles. The Morgan fingerprint density at radius 3 is 2.90 bits per heavy atom. The van der Waals surface area contributed by atoms with E-state index in [4.69, 9.17) is 5.73 Å². The molecule has 1 aromatic carbocycles. The molecule has 0 spiro atoms. The Hall–Kier alpha value is -2.12. The molecular formula is C14H12N4OS2. The van der Waals surface area contributed by atoms with Crippen LogP contribution in [0.1, 0.15) is 10.4 Å². The summed E-state index contributed by atoms with van der Waals surface area (Å²) in [6.45, 7) is 1.98. The van der Waals surface area contributed by atoms with Crippen molar-refractivity contribution < 1.29 is 4.79 Å². The highest BCUT2D eigenvalue weighted by Gasteiger charge is 2.24. The summed E-state index contributed by atoms with van der Waals surface area (Å²) in [4.78, 5) is 21.8. The van der Waals surface area contributed by atoms with Gasteiger partial charge in [-0.05, 0) is 36.4 Å². The van der Waals surface area contributed by atoms with Crippen molar-refractivity contribution in [3.63, 3.8) is 0 Å². The monoisotopic (exact) mass is 316 g/mol.